The van der Waals surface area contributed by atoms with Crippen molar-refractivity contribution in [3.8, 4) is 5.75 Å². The topological polar surface area (TPSA) is 100 Å². The van der Waals surface area contributed by atoms with E-state index < -0.39 is 17.7 Å². The molecule has 3 aromatic rings. The lowest BCUT2D eigenvalue weighted by molar-refractivity contribution is -0.142. The first-order chi connectivity index (χ1) is 14.9. The Morgan fingerprint density at radius 3 is 2.42 bits per heavy atom. The predicted octanol–water partition coefficient (Wildman–Crippen LogP) is 3.07. The Morgan fingerprint density at radius 1 is 1.10 bits per heavy atom. The molecule has 7 nitrogen and oxygen atoms in total. The van der Waals surface area contributed by atoms with Crippen molar-refractivity contribution >= 4 is 23.2 Å². The Labute approximate surface area is 180 Å². The minimum absolute atomic E-state index is 0.0372. The fourth-order valence-electron chi connectivity index (χ4n) is 3.99. The number of primary amides is 1. The zero-order valence-corrected chi connectivity index (χ0v) is 17.9. The Morgan fingerprint density at radius 2 is 1.81 bits per heavy atom. The number of methoxy groups -OCH3 is 1. The molecule has 1 unspecified atom stereocenters. The van der Waals surface area contributed by atoms with E-state index >= 15 is 0 Å². The van der Waals surface area contributed by atoms with Crippen LogP contribution in [0.3, 0.4) is 0 Å². The molecule has 7 heteroatoms. The second kappa shape index (κ2) is 9.47. The molecule has 162 valence electrons. The highest BCUT2D eigenvalue weighted by Crippen LogP contribution is 2.36. The first-order valence-electron chi connectivity index (χ1n) is 10.1. The molecule has 2 heterocycles. The highest BCUT2D eigenvalue weighted by atomic mass is 16.6. The van der Waals surface area contributed by atoms with E-state index in [0.717, 1.165) is 23.2 Å². The number of benzene rings is 1. The average Bonchev–Trinajstić information content (AvgIpc) is 3.12. The summed E-state index contributed by atoms with van der Waals surface area (Å²) in [6.07, 6.45) is 3.10. The molecule has 0 fully saturated rings. The Hall–Kier alpha value is -3.61. The number of amides is 1. The normalized spacial score (nSPS) is 11.8. The van der Waals surface area contributed by atoms with E-state index in [1.165, 1.54) is 7.11 Å². The first-order valence-corrected chi connectivity index (χ1v) is 10.1. The maximum atomic E-state index is 12.8. The van der Waals surface area contributed by atoms with Gasteiger partial charge in [0.25, 0.3) is 11.7 Å². The van der Waals surface area contributed by atoms with Crippen molar-refractivity contribution < 1.29 is 23.9 Å². The number of carbonyl (C=O) groups is 3. The lowest BCUT2D eigenvalue weighted by atomic mass is 9.92. The molecule has 3 rings (SSSR count). The second-order valence-corrected chi connectivity index (χ2v) is 7.33. The van der Waals surface area contributed by atoms with Crippen LogP contribution in [0.2, 0.25) is 0 Å². The third kappa shape index (κ3) is 4.45. The van der Waals surface area contributed by atoms with Gasteiger partial charge in [-0.2, -0.15) is 0 Å². The van der Waals surface area contributed by atoms with Gasteiger partial charge in [0, 0.05) is 17.8 Å². The average molecular weight is 422 g/mol. The second-order valence-electron chi connectivity index (χ2n) is 7.33. The summed E-state index contributed by atoms with van der Waals surface area (Å²) in [5, 5.41) is 0. The Bertz CT molecular complexity index is 1120. The molecule has 1 atom stereocenters. The van der Waals surface area contributed by atoms with Crippen LogP contribution >= 0.6 is 0 Å². The molecular weight excluding hydrogens is 396 g/mol. The lowest BCUT2D eigenvalue weighted by Crippen LogP contribution is -2.24. The summed E-state index contributed by atoms with van der Waals surface area (Å²) in [5.74, 6) is -2.01. The molecule has 0 spiro atoms. The highest BCUT2D eigenvalue weighted by molar-refractivity contribution is 6.44. The predicted molar refractivity (Wildman–Crippen MR) is 116 cm³/mol. The van der Waals surface area contributed by atoms with Gasteiger partial charge in [-0.3, -0.25) is 9.59 Å². The van der Waals surface area contributed by atoms with Gasteiger partial charge in [-0.15, -0.1) is 0 Å². The number of rotatable bonds is 9. The molecule has 1 amide bonds. The van der Waals surface area contributed by atoms with Crippen LogP contribution in [0.1, 0.15) is 46.9 Å². The summed E-state index contributed by atoms with van der Waals surface area (Å²) < 4.78 is 12.2. The summed E-state index contributed by atoms with van der Waals surface area (Å²) >= 11 is 0. The summed E-state index contributed by atoms with van der Waals surface area (Å²) in [5.41, 5.74) is 8.86. The van der Waals surface area contributed by atoms with Gasteiger partial charge in [-0.25, -0.2) is 4.79 Å². The van der Waals surface area contributed by atoms with E-state index in [-0.39, 0.29) is 18.1 Å². The minimum atomic E-state index is -1.03. The fourth-order valence-corrected chi connectivity index (χ4v) is 3.99. The van der Waals surface area contributed by atoms with Crippen LogP contribution < -0.4 is 10.5 Å². The number of nitrogens with zero attached hydrogens (tertiary/aromatic N) is 1. The van der Waals surface area contributed by atoms with Crippen molar-refractivity contribution in [2.24, 2.45) is 5.73 Å². The number of pyridine rings is 1. The number of nitrogens with two attached hydrogens (primary N) is 1. The SMILES string of the molecule is CCc1c(C(=O)C(N)=O)c2c(OCC(=O)OC)cccn2c1C(C)Cc1ccccc1. The summed E-state index contributed by atoms with van der Waals surface area (Å²) in [6, 6.07) is 13.5. The zero-order chi connectivity index (χ0) is 22.5. The summed E-state index contributed by atoms with van der Waals surface area (Å²) in [4.78, 5) is 36.3. The quantitative estimate of drug-likeness (QED) is 0.325. The van der Waals surface area contributed by atoms with Crippen molar-refractivity contribution in [2.75, 3.05) is 13.7 Å². The lowest BCUT2D eigenvalue weighted by Gasteiger charge is -2.15. The van der Waals surface area contributed by atoms with Crippen LogP contribution in [-0.2, 0) is 27.2 Å². The van der Waals surface area contributed by atoms with E-state index in [9.17, 15) is 14.4 Å². The molecule has 0 saturated carbocycles. The number of aromatic nitrogens is 1. The van der Waals surface area contributed by atoms with Crippen molar-refractivity contribution in [3.63, 3.8) is 0 Å². The smallest absolute Gasteiger partial charge is 0.343 e. The maximum Gasteiger partial charge on any atom is 0.343 e. The number of hydrogen-bond donors (Lipinski definition) is 1. The third-order valence-corrected chi connectivity index (χ3v) is 5.29. The number of hydrogen-bond acceptors (Lipinski definition) is 5. The molecule has 31 heavy (non-hydrogen) atoms. The molecule has 0 radical (unpaired) electrons. The van der Waals surface area contributed by atoms with Crippen molar-refractivity contribution in [1.29, 1.82) is 0 Å². The van der Waals surface area contributed by atoms with Gasteiger partial charge in [0.2, 0.25) is 0 Å². The highest BCUT2D eigenvalue weighted by Gasteiger charge is 2.29. The number of esters is 1. The van der Waals surface area contributed by atoms with Gasteiger partial charge in [0.15, 0.2) is 6.61 Å². The van der Waals surface area contributed by atoms with Gasteiger partial charge in [0.05, 0.1) is 18.2 Å². The molecule has 0 aliphatic rings. The van der Waals surface area contributed by atoms with Crippen LogP contribution in [-0.4, -0.2) is 35.8 Å². The van der Waals surface area contributed by atoms with Gasteiger partial charge in [-0.1, -0.05) is 44.2 Å². The van der Waals surface area contributed by atoms with Crippen molar-refractivity contribution in [2.45, 2.75) is 32.6 Å². The largest absolute Gasteiger partial charge is 0.480 e. The van der Waals surface area contributed by atoms with E-state index in [1.807, 2.05) is 35.7 Å². The van der Waals surface area contributed by atoms with Crippen molar-refractivity contribution in [1.82, 2.24) is 4.40 Å². The van der Waals surface area contributed by atoms with Gasteiger partial charge in [-0.05, 0) is 36.1 Å². The fraction of sp³-hybridized carbons (Fsp3) is 0.292. The van der Waals surface area contributed by atoms with Crippen molar-refractivity contribution in [3.05, 3.63) is 71.0 Å². The van der Waals surface area contributed by atoms with Gasteiger partial charge in [0.1, 0.15) is 5.75 Å². The monoisotopic (exact) mass is 422 g/mol. The summed E-state index contributed by atoms with van der Waals surface area (Å²) in [7, 11) is 1.27. The number of ether oxygens (including phenoxy) is 2. The molecular formula is C24H26N2O5. The standard InChI is InChI=1S/C24H26N2O5/c1-4-17-20(23(28)24(25)29)22-18(31-14-19(27)30-3)11-8-12-26(22)21(17)15(2)13-16-9-6-5-7-10-16/h5-12,15H,4,13-14H2,1-3H3,(H2,25,29). The number of carbonyl (C=O) groups excluding carboxylic acids is 3. The van der Waals surface area contributed by atoms with E-state index in [0.29, 0.717) is 17.7 Å². The van der Waals surface area contributed by atoms with Crippen LogP contribution in [0.4, 0.5) is 0 Å². The molecule has 0 aliphatic heterocycles. The number of fused-ring (bicyclic) bond motifs is 1. The molecule has 2 N–H and O–H groups in total. The third-order valence-electron chi connectivity index (χ3n) is 5.29. The molecule has 2 aromatic heterocycles. The Kier molecular flexibility index (Phi) is 6.74. The van der Waals surface area contributed by atoms with Crippen LogP contribution in [0, 0.1) is 0 Å². The van der Waals surface area contributed by atoms with Gasteiger partial charge < -0.3 is 19.6 Å². The molecule has 1 aromatic carbocycles. The van der Waals surface area contributed by atoms with Gasteiger partial charge >= 0.3 is 5.97 Å². The van der Waals surface area contributed by atoms with Crippen LogP contribution in [0.5, 0.6) is 5.75 Å². The molecule has 0 saturated heterocycles. The first kappa shape index (κ1) is 22.1. The number of Topliss-reactive ketones (excluding diaryl/α,β-unsaturated/α-hetero) is 1. The minimum Gasteiger partial charge on any atom is -0.480 e. The molecule has 0 aliphatic carbocycles. The number of ketones is 1. The summed E-state index contributed by atoms with van der Waals surface area (Å²) in [6.45, 7) is 3.69. The van der Waals surface area contributed by atoms with Crippen LogP contribution in [0.15, 0.2) is 48.7 Å². The van der Waals surface area contributed by atoms with Crippen LogP contribution in [0.25, 0.3) is 5.52 Å². The van der Waals surface area contributed by atoms with E-state index in [1.54, 1.807) is 12.1 Å². The van der Waals surface area contributed by atoms with E-state index in [4.69, 9.17) is 10.5 Å². The van der Waals surface area contributed by atoms with E-state index in [2.05, 4.69) is 23.8 Å². The zero-order valence-electron chi connectivity index (χ0n) is 17.9. The maximum absolute atomic E-state index is 12.8. The molecule has 0 bridgehead atoms. The Balaban J connectivity index is 2.20.